The fourth-order valence-electron chi connectivity index (χ4n) is 3.22. The number of aldehydes is 1. The number of ether oxygens (including phenoxy) is 1. The normalized spacial score (nSPS) is 11.0. The zero-order valence-corrected chi connectivity index (χ0v) is 14.2. The minimum absolute atomic E-state index is 0.129. The van der Waals surface area contributed by atoms with Crippen LogP contribution in [-0.2, 0) is 0 Å². The van der Waals surface area contributed by atoms with Crippen molar-refractivity contribution in [2.75, 3.05) is 6.61 Å². The number of rotatable bonds is 4. The van der Waals surface area contributed by atoms with E-state index in [0.29, 0.717) is 29.3 Å². The smallest absolute Gasteiger partial charge is 0.182 e. The number of carbonyl (C=O) groups is 1. The van der Waals surface area contributed by atoms with Crippen LogP contribution in [0.5, 0.6) is 5.75 Å². The van der Waals surface area contributed by atoms with Crippen molar-refractivity contribution in [3.05, 3.63) is 76.5 Å². The SMILES string of the molecule is CCOc1ccc2c(-c3ccccc3C=O)c3ccc(=O)cc-3oc2c1. The van der Waals surface area contributed by atoms with E-state index in [1.54, 1.807) is 12.1 Å². The molecule has 4 rings (SSSR count). The molecule has 1 heterocycles. The molecule has 1 aliphatic carbocycles. The first-order valence-electron chi connectivity index (χ1n) is 8.39. The Kier molecular flexibility index (Phi) is 4.01. The number of fused-ring (bicyclic) bond motifs is 2. The van der Waals surface area contributed by atoms with Gasteiger partial charge in [-0.25, -0.2) is 0 Å². The van der Waals surface area contributed by atoms with Gasteiger partial charge in [-0.05, 0) is 36.8 Å². The van der Waals surface area contributed by atoms with Crippen LogP contribution in [0.1, 0.15) is 17.3 Å². The molecule has 0 amide bonds. The molecule has 1 aliphatic heterocycles. The van der Waals surface area contributed by atoms with Gasteiger partial charge in [0.15, 0.2) is 11.7 Å². The molecule has 4 heteroatoms. The van der Waals surface area contributed by atoms with Crippen LogP contribution in [0.2, 0.25) is 0 Å². The van der Waals surface area contributed by atoms with Crippen LogP contribution in [0.4, 0.5) is 0 Å². The zero-order valence-electron chi connectivity index (χ0n) is 14.2. The average molecular weight is 344 g/mol. The van der Waals surface area contributed by atoms with Crippen molar-refractivity contribution < 1.29 is 13.9 Å². The Morgan fingerprint density at radius 2 is 1.85 bits per heavy atom. The second-order valence-electron chi connectivity index (χ2n) is 5.93. The van der Waals surface area contributed by atoms with Crippen LogP contribution in [-0.4, -0.2) is 12.9 Å². The highest BCUT2D eigenvalue weighted by atomic mass is 16.5. The van der Waals surface area contributed by atoms with Crippen LogP contribution in [0.3, 0.4) is 0 Å². The van der Waals surface area contributed by atoms with Crippen molar-refractivity contribution in [2.24, 2.45) is 0 Å². The molecule has 0 saturated heterocycles. The summed E-state index contributed by atoms with van der Waals surface area (Å²) in [6, 6.07) is 17.7. The van der Waals surface area contributed by atoms with E-state index in [9.17, 15) is 9.59 Å². The lowest BCUT2D eigenvalue weighted by Gasteiger charge is -2.16. The van der Waals surface area contributed by atoms with E-state index >= 15 is 0 Å². The average Bonchev–Trinajstić information content (AvgIpc) is 2.66. The van der Waals surface area contributed by atoms with Gasteiger partial charge < -0.3 is 9.15 Å². The van der Waals surface area contributed by atoms with Crippen LogP contribution in [0, 0.1) is 0 Å². The van der Waals surface area contributed by atoms with E-state index in [2.05, 4.69) is 0 Å². The predicted molar refractivity (Wildman–Crippen MR) is 101 cm³/mol. The molecule has 4 nitrogen and oxygen atoms in total. The molecule has 0 fully saturated rings. The monoisotopic (exact) mass is 344 g/mol. The second kappa shape index (κ2) is 6.48. The fourth-order valence-corrected chi connectivity index (χ4v) is 3.22. The van der Waals surface area contributed by atoms with Crippen molar-refractivity contribution in [2.45, 2.75) is 6.92 Å². The molecule has 0 spiro atoms. The van der Waals surface area contributed by atoms with Gasteiger partial charge in [0.25, 0.3) is 0 Å². The summed E-state index contributed by atoms with van der Waals surface area (Å²) in [5, 5.41) is 0.855. The summed E-state index contributed by atoms with van der Waals surface area (Å²) >= 11 is 0. The summed E-state index contributed by atoms with van der Waals surface area (Å²) < 4.78 is 11.5. The molecule has 2 aromatic carbocycles. The van der Waals surface area contributed by atoms with Gasteiger partial charge in [0, 0.05) is 34.2 Å². The lowest BCUT2D eigenvalue weighted by atomic mass is 9.91. The highest BCUT2D eigenvalue weighted by Gasteiger charge is 2.19. The van der Waals surface area contributed by atoms with E-state index in [4.69, 9.17) is 9.15 Å². The van der Waals surface area contributed by atoms with Gasteiger partial charge in [0.2, 0.25) is 0 Å². The first-order valence-corrected chi connectivity index (χ1v) is 8.39. The van der Waals surface area contributed by atoms with Crippen LogP contribution in [0.15, 0.2) is 69.9 Å². The van der Waals surface area contributed by atoms with E-state index in [1.165, 1.54) is 12.1 Å². The minimum atomic E-state index is -0.129. The van der Waals surface area contributed by atoms with Crippen LogP contribution in [0.25, 0.3) is 33.4 Å². The molecule has 26 heavy (non-hydrogen) atoms. The standard InChI is InChI=1S/C22H16O4/c1-2-25-16-8-10-19-21(12-16)26-20-11-15(24)7-9-18(20)22(19)17-6-4-3-5-14(17)13-23/h3-13H,2H2,1H3. The Balaban J connectivity index is 2.14. The summed E-state index contributed by atoms with van der Waals surface area (Å²) in [6.07, 6.45) is 0.841. The van der Waals surface area contributed by atoms with Gasteiger partial charge in [0.1, 0.15) is 17.1 Å². The van der Waals surface area contributed by atoms with Gasteiger partial charge in [-0.15, -0.1) is 0 Å². The van der Waals surface area contributed by atoms with E-state index in [0.717, 1.165) is 28.4 Å². The Morgan fingerprint density at radius 1 is 1.00 bits per heavy atom. The Hall–Kier alpha value is -3.40. The van der Waals surface area contributed by atoms with Gasteiger partial charge in [0.05, 0.1) is 6.61 Å². The molecule has 2 aliphatic rings. The molecule has 0 saturated carbocycles. The number of carbonyl (C=O) groups excluding carboxylic acids is 1. The minimum Gasteiger partial charge on any atom is -0.494 e. The molecule has 0 radical (unpaired) electrons. The Morgan fingerprint density at radius 3 is 2.65 bits per heavy atom. The Labute approximate surface area is 150 Å². The van der Waals surface area contributed by atoms with E-state index in [-0.39, 0.29) is 5.43 Å². The predicted octanol–water partition coefficient (Wildman–Crippen LogP) is 4.78. The van der Waals surface area contributed by atoms with Gasteiger partial charge >= 0.3 is 0 Å². The summed E-state index contributed by atoms with van der Waals surface area (Å²) in [4.78, 5) is 23.4. The first-order chi connectivity index (χ1) is 12.7. The summed E-state index contributed by atoms with van der Waals surface area (Å²) in [7, 11) is 0. The third-order valence-electron chi connectivity index (χ3n) is 4.33. The maximum Gasteiger partial charge on any atom is 0.182 e. The first kappa shape index (κ1) is 16.1. The van der Waals surface area contributed by atoms with Gasteiger partial charge in [-0.3, -0.25) is 9.59 Å². The van der Waals surface area contributed by atoms with Crippen molar-refractivity contribution >= 4 is 17.3 Å². The molecule has 0 atom stereocenters. The van der Waals surface area contributed by atoms with Gasteiger partial charge in [-0.2, -0.15) is 0 Å². The van der Waals surface area contributed by atoms with Crippen molar-refractivity contribution in [1.29, 1.82) is 0 Å². The molecule has 0 N–H and O–H groups in total. The highest BCUT2D eigenvalue weighted by Crippen LogP contribution is 2.41. The molecule has 0 aromatic heterocycles. The summed E-state index contributed by atoms with van der Waals surface area (Å²) in [5.41, 5.74) is 3.51. The molecule has 128 valence electrons. The van der Waals surface area contributed by atoms with E-state index in [1.807, 2.05) is 43.3 Å². The largest absolute Gasteiger partial charge is 0.494 e. The van der Waals surface area contributed by atoms with Crippen molar-refractivity contribution in [3.8, 4) is 28.2 Å². The van der Waals surface area contributed by atoms with Crippen LogP contribution >= 0.6 is 0 Å². The lowest BCUT2D eigenvalue weighted by molar-refractivity contribution is 0.112. The maximum absolute atomic E-state index is 11.8. The molecule has 0 unspecified atom stereocenters. The third kappa shape index (κ3) is 2.65. The molecular weight excluding hydrogens is 328 g/mol. The van der Waals surface area contributed by atoms with E-state index < -0.39 is 0 Å². The second-order valence-corrected chi connectivity index (χ2v) is 5.93. The number of hydrogen-bond donors (Lipinski definition) is 0. The fraction of sp³-hybridized carbons (Fsp3) is 0.0909. The Bertz CT molecular complexity index is 1140. The number of hydrogen-bond acceptors (Lipinski definition) is 4. The third-order valence-corrected chi connectivity index (χ3v) is 4.33. The van der Waals surface area contributed by atoms with Gasteiger partial charge in [-0.1, -0.05) is 24.3 Å². The molecular formula is C22H16O4. The zero-order chi connectivity index (χ0) is 18.1. The number of benzene rings is 3. The van der Waals surface area contributed by atoms with Crippen molar-refractivity contribution in [1.82, 2.24) is 0 Å². The molecule has 2 aromatic rings. The lowest BCUT2D eigenvalue weighted by Crippen LogP contribution is -2.01. The van der Waals surface area contributed by atoms with Crippen LogP contribution < -0.4 is 10.2 Å². The molecule has 0 bridgehead atoms. The quantitative estimate of drug-likeness (QED) is 0.395. The maximum atomic E-state index is 11.8. The highest BCUT2D eigenvalue weighted by molar-refractivity contribution is 6.05. The topological polar surface area (TPSA) is 56.5 Å². The van der Waals surface area contributed by atoms with Crippen molar-refractivity contribution in [3.63, 3.8) is 0 Å². The summed E-state index contributed by atoms with van der Waals surface area (Å²) in [6.45, 7) is 2.46. The summed E-state index contributed by atoms with van der Waals surface area (Å²) in [5.74, 6) is 1.17.